The standard InChI is InChI=1S/C20H23N3O3.2ClH/c1-12-3-8-16(19(24)22-12)20(25)23-11-14-9-21-10-17(14)18(23)13-4-6-15(26-2)7-5-13;;/h3-8,14,17-18,21H,9-11H2,1-2H3,(H,22,24);2*1H/t14-,17-,18+;;/m0../s1. The van der Waals surface area contributed by atoms with E-state index < -0.39 is 0 Å². The molecule has 3 heterocycles. The number of nitrogens with zero attached hydrogens (tertiary/aromatic N) is 1. The molecule has 0 saturated carbocycles. The Balaban J connectivity index is 0.00000140. The molecule has 0 aliphatic carbocycles. The third-order valence-electron chi connectivity index (χ3n) is 5.57. The van der Waals surface area contributed by atoms with Crippen LogP contribution >= 0.6 is 24.8 Å². The Morgan fingerprint density at radius 1 is 1.11 bits per heavy atom. The summed E-state index contributed by atoms with van der Waals surface area (Å²) in [6.07, 6.45) is 0. The summed E-state index contributed by atoms with van der Waals surface area (Å²) in [7, 11) is 1.64. The molecule has 0 spiro atoms. The molecule has 2 fully saturated rings. The number of nitrogens with one attached hydrogen (secondary N) is 2. The number of likely N-dealkylation sites (tertiary alicyclic amines) is 1. The molecule has 152 valence electrons. The Morgan fingerprint density at radius 2 is 1.82 bits per heavy atom. The van der Waals surface area contributed by atoms with Crippen LogP contribution in [0.1, 0.15) is 27.7 Å². The topological polar surface area (TPSA) is 74.4 Å². The number of aryl methyl sites for hydroxylation is 1. The fourth-order valence-electron chi connectivity index (χ4n) is 4.25. The van der Waals surface area contributed by atoms with Gasteiger partial charge in [0, 0.05) is 31.2 Å². The van der Waals surface area contributed by atoms with Crippen LogP contribution in [0.25, 0.3) is 0 Å². The lowest BCUT2D eigenvalue weighted by atomic mass is 9.89. The number of halogens is 2. The first-order valence-electron chi connectivity index (χ1n) is 8.94. The Hall–Kier alpha value is -2.02. The first kappa shape index (κ1) is 22.3. The maximum atomic E-state index is 13.2. The van der Waals surface area contributed by atoms with Gasteiger partial charge in [-0.25, -0.2) is 0 Å². The molecule has 2 aromatic rings. The van der Waals surface area contributed by atoms with Crippen molar-refractivity contribution in [3.63, 3.8) is 0 Å². The summed E-state index contributed by atoms with van der Waals surface area (Å²) in [6, 6.07) is 11.3. The molecule has 2 aliphatic rings. The van der Waals surface area contributed by atoms with Gasteiger partial charge in [0.2, 0.25) is 0 Å². The number of fused-ring (bicyclic) bond motifs is 1. The molecule has 2 saturated heterocycles. The van der Waals surface area contributed by atoms with Gasteiger partial charge in [-0.05, 0) is 42.7 Å². The number of hydrogen-bond donors (Lipinski definition) is 2. The van der Waals surface area contributed by atoms with Gasteiger partial charge in [0.15, 0.2) is 0 Å². The van der Waals surface area contributed by atoms with Crippen molar-refractivity contribution in [3.05, 3.63) is 63.6 Å². The molecule has 0 radical (unpaired) electrons. The van der Waals surface area contributed by atoms with Crippen molar-refractivity contribution in [1.82, 2.24) is 15.2 Å². The summed E-state index contributed by atoms with van der Waals surface area (Å²) in [5.41, 5.74) is 1.72. The van der Waals surface area contributed by atoms with Crippen molar-refractivity contribution in [1.29, 1.82) is 0 Å². The average Bonchev–Trinajstić information content (AvgIpc) is 3.22. The lowest BCUT2D eigenvalue weighted by molar-refractivity contribution is 0.0712. The Labute approximate surface area is 176 Å². The second-order valence-electron chi connectivity index (χ2n) is 7.14. The minimum absolute atomic E-state index is 0. The van der Waals surface area contributed by atoms with Crippen molar-refractivity contribution in [2.75, 3.05) is 26.7 Å². The van der Waals surface area contributed by atoms with Crippen LogP contribution in [0.15, 0.2) is 41.2 Å². The predicted molar refractivity (Wildman–Crippen MR) is 113 cm³/mol. The fourth-order valence-corrected chi connectivity index (χ4v) is 4.25. The number of amides is 1. The van der Waals surface area contributed by atoms with Crippen LogP contribution in [-0.2, 0) is 0 Å². The normalized spacial score (nSPS) is 22.8. The number of carbonyl (C=O) groups excluding carboxylic acids is 1. The molecule has 6 nitrogen and oxygen atoms in total. The largest absolute Gasteiger partial charge is 0.497 e. The summed E-state index contributed by atoms with van der Waals surface area (Å²) in [4.78, 5) is 30.1. The van der Waals surface area contributed by atoms with Crippen LogP contribution < -0.4 is 15.6 Å². The van der Waals surface area contributed by atoms with E-state index in [1.807, 2.05) is 36.1 Å². The number of H-pyrrole nitrogens is 1. The number of ether oxygens (including phenoxy) is 1. The van der Waals surface area contributed by atoms with E-state index in [2.05, 4.69) is 10.3 Å². The summed E-state index contributed by atoms with van der Waals surface area (Å²) >= 11 is 0. The third-order valence-corrected chi connectivity index (χ3v) is 5.57. The van der Waals surface area contributed by atoms with E-state index in [-0.39, 0.29) is 47.9 Å². The monoisotopic (exact) mass is 425 g/mol. The Morgan fingerprint density at radius 3 is 2.46 bits per heavy atom. The van der Waals surface area contributed by atoms with Gasteiger partial charge in [-0.2, -0.15) is 0 Å². The molecule has 0 unspecified atom stereocenters. The maximum absolute atomic E-state index is 13.2. The third kappa shape index (κ3) is 3.90. The van der Waals surface area contributed by atoms with Crippen LogP contribution in [-0.4, -0.2) is 42.5 Å². The molecular formula is C20H25Cl2N3O3. The van der Waals surface area contributed by atoms with E-state index in [9.17, 15) is 9.59 Å². The molecule has 8 heteroatoms. The molecule has 0 bridgehead atoms. The minimum atomic E-state index is -0.321. The SMILES string of the molecule is COc1ccc([C@@H]2[C@H]3CNC[C@H]3CN2C(=O)c2ccc(C)[nH]c2=O)cc1.Cl.Cl. The van der Waals surface area contributed by atoms with Crippen LogP contribution in [0.4, 0.5) is 0 Å². The zero-order valence-corrected chi connectivity index (χ0v) is 17.4. The van der Waals surface area contributed by atoms with Crippen molar-refractivity contribution in [2.24, 2.45) is 11.8 Å². The highest BCUT2D eigenvalue weighted by atomic mass is 35.5. The van der Waals surface area contributed by atoms with E-state index >= 15 is 0 Å². The van der Waals surface area contributed by atoms with Gasteiger partial charge in [-0.15, -0.1) is 24.8 Å². The molecule has 3 atom stereocenters. The smallest absolute Gasteiger partial charge is 0.260 e. The van der Waals surface area contributed by atoms with Gasteiger partial charge >= 0.3 is 0 Å². The summed E-state index contributed by atoms with van der Waals surface area (Å²) in [5, 5.41) is 3.43. The highest BCUT2D eigenvalue weighted by molar-refractivity contribution is 5.94. The number of methoxy groups -OCH3 is 1. The van der Waals surface area contributed by atoms with E-state index in [1.54, 1.807) is 19.2 Å². The maximum Gasteiger partial charge on any atom is 0.260 e. The van der Waals surface area contributed by atoms with Crippen LogP contribution in [0, 0.1) is 18.8 Å². The van der Waals surface area contributed by atoms with Gasteiger partial charge in [0.25, 0.3) is 11.5 Å². The fraction of sp³-hybridized carbons (Fsp3) is 0.400. The second-order valence-corrected chi connectivity index (χ2v) is 7.14. The Bertz CT molecular complexity index is 885. The van der Waals surface area contributed by atoms with Crippen LogP contribution in [0.3, 0.4) is 0 Å². The lowest BCUT2D eigenvalue weighted by Crippen LogP contribution is -2.37. The molecule has 4 rings (SSSR count). The van der Waals surface area contributed by atoms with Crippen molar-refractivity contribution in [2.45, 2.75) is 13.0 Å². The van der Waals surface area contributed by atoms with Gasteiger partial charge in [-0.1, -0.05) is 12.1 Å². The van der Waals surface area contributed by atoms with Crippen molar-refractivity contribution >= 4 is 30.7 Å². The number of aromatic amines is 1. The van der Waals surface area contributed by atoms with Crippen LogP contribution in [0.2, 0.25) is 0 Å². The molecule has 28 heavy (non-hydrogen) atoms. The summed E-state index contributed by atoms with van der Waals surface area (Å²) in [6.45, 7) is 4.27. The quantitative estimate of drug-likeness (QED) is 0.792. The van der Waals surface area contributed by atoms with E-state index in [0.717, 1.165) is 30.1 Å². The number of rotatable bonds is 3. The highest BCUT2D eigenvalue weighted by Crippen LogP contribution is 2.43. The van der Waals surface area contributed by atoms with Gasteiger partial charge in [0.05, 0.1) is 13.2 Å². The van der Waals surface area contributed by atoms with Crippen molar-refractivity contribution in [3.8, 4) is 5.75 Å². The van der Waals surface area contributed by atoms with Gasteiger partial charge in [0.1, 0.15) is 11.3 Å². The average molecular weight is 426 g/mol. The van der Waals surface area contributed by atoms with Crippen LogP contribution in [0.5, 0.6) is 5.75 Å². The number of benzene rings is 1. The predicted octanol–water partition coefficient (Wildman–Crippen LogP) is 2.57. The summed E-state index contributed by atoms with van der Waals surface area (Å²) in [5.74, 6) is 1.37. The zero-order valence-electron chi connectivity index (χ0n) is 15.8. The first-order chi connectivity index (χ1) is 12.6. The molecule has 1 aromatic carbocycles. The van der Waals surface area contributed by atoms with E-state index in [1.165, 1.54) is 0 Å². The number of aromatic nitrogens is 1. The second kappa shape index (κ2) is 8.99. The number of pyridine rings is 1. The molecule has 2 N–H and O–H groups in total. The van der Waals surface area contributed by atoms with Gasteiger partial charge in [-0.3, -0.25) is 9.59 Å². The first-order valence-corrected chi connectivity index (χ1v) is 8.94. The molecular weight excluding hydrogens is 401 g/mol. The molecule has 1 aromatic heterocycles. The summed E-state index contributed by atoms with van der Waals surface area (Å²) < 4.78 is 5.25. The van der Waals surface area contributed by atoms with E-state index in [4.69, 9.17) is 4.74 Å². The zero-order chi connectivity index (χ0) is 18.3. The molecule has 2 aliphatic heterocycles. The lowest BCUT2D eigenvalue weighted by Gasteiger charge is -2.28. The number of carbonyl (C=O) groups is 1. The van der Waals surface area contributed by atoms with Gasteiger partial charge < -0.3 is 19.9 Å². The van der Waals surface area contributed by atoms with Crippen molar-refractivity contribution < 1.29 is 9.53 Å². The minimum Gasteiger partial charge on any atom is -0.497 e. The number of hydrogen-bond acceptors (Lipinski definition) is 4. The van der Waals surface area contributed by atoms with E-state index in [0.29, 0.717) is 18.4 Å². The highest BCUT2D eigenvalue weighted by Gasteiger charge is 2.47. The molecule has 1 amide bonds. The Kier molecular flexibility index (Phi) is 7.15.